The van der Waals surface area contributed by atoms with E-state index < -0.39 is 0 Å². The molecule has 10 atom stereocenters. The minimum atomic E-state index is -0.00356. The fourth-order valence-corrected chi connectivity index (χ4v) is 4.35. The maximum atomic E-state index is 5.90. The van der Waals surface area contributed by atoms with Crippen LogP contribution < -0.4 is 0 Å². The quantitative estimate of drug-likeness (QED) is 0.695. The van der Waals surface area contributed by atoms with Gasteiger partial charge >= 0.3 is 0 Å². The highest BCUT2D eigenvalue weighted by Gasteiger charge is 2.38. The van der Waals surface area contributed by atoms with E-state index in [0.717, 1.165) is 18.9 Å². The highest BCUT2D eigenvalue weighted by atomic mass is 16.7. The third-order valence-corrected chi connectivity index (χ3v) is 7.32. The summed E-state index contributed by atoms with van der Waals surface area (Å²) in [6, 6.07) is 0. The van der Waals surface area contributed by atoms with Crippen molar-refractivity contribution in [3.05, 3.63) is 0 Å². The molecular weight excluding hydrogens is 328 g/mol. The molecule has 0 spiro atoms. The second kappa shape index (κ2) is 11.0. The van der Waals surface area contributed by atoms with Crippen LogP contribution in [0.15, 0.2) is 0 Å². The standard InChI is InChI=1S/2C11H22O2/c1-7-8(2)10(4)13-11(6-12-5)9(7)3;1-6-10-8(3)7(2)9(4)11(12-5)13-10/h2*7-11H,6H2,1-5H3. The van der Waals surface area contributed by atoms with Gasteiger partial charge < -0.3 is 18.9 Å². The molecule has 2 fully saturated rings. The Bertz CT molecular complexity index is 362. The monoisotopic (exact) mass is 372 g/mol. The zero-order valence-electron chi connectivity index (χ0n) is 18.8. The Morgan fingerprint density at radius 1 is 0.654 bits per heavy atom. The lowest BCUT2D eigenvalue weighted by molar-refractivity contribution is -0.237. The van der Waals surface area contributed by atoms with Gasteiger partial charge in [-0.2, -0.15) is 0 Å². The van der Waals surface area contributed by atoms with E-state index in [1.807, 2.05) is 0 Å². The summed E-state index contributed by atoms with van der Waals surface area (Å²) >= 11 is 0. The first-order valence-corrected chi connectivity index (χ1v) is 10.5. The molecule has 4 heteroatoms. The van der Waals surface area contributed by atoms with Crippen molar-refractivity contribution in [2.75, 3.05) is 20.8 Å². The summed E-state index contributed by atoms with van der Waals surface area (Å²) in [4.78, 5) is 0. The van der Waals surface area contributed by atoms with Crippen LogP contribution in [-0.4, -0.2) is 45.4 Å². The van der Waals surface area contributed by atoms with Gasteiger partial charge in [-0.05, 0) is 42.9 Å². The fraction of sp³-hybridized carbons (Fsp3) is 1.00. The molecule has 2 aliphatic heterocycles. The summed E-state index contributed by atoms with van der Waals surface area (Å²) in [5.41, 5.74) is 0. The van der Waals surface area contributed by atoms with E-state index in [2.05, 4.69) is 55.4 Å². The molecule has 0 aromatic heterocycles. The average Bonchev–Trinajstić information content (AvgIpc) is 2.63. The van der Waals surface area contributed by atoms with Crippen LogP contribution >= 0.6 is 0 Å². The van der Waals surface area contributed by atoms with Crippen molar-refractivity contribution in [3.63, 3.8) is 0 Å². The third kappa shape index (κ3) is 5.67. The van der Waals surface area contributed by atoms with E-state index >= 15 is 0 Å². The SMILES string of the molecule is CCC1OC(OC)C(C)C(C)C1C.COCC1OC(C)C(C)C(C)C1C. The van der Waals surface area contributed by atoms with Gasteiger partial charge in [0.05, 0.1) is 24.9 Å². The molecule has 0 saturated carbocycles. The summed E-state index contributed by atoms with van der Waals surface area (Å²) in [6.45, 7) is 18.7. The van der Waals surface area contributed by atoms with E-state index in [-0.39, 0.29) is 12.4 Å². The predicted octanol–water partition coefficient (Wildman–Crippen LogP) is 5.00. The normalized spacial score (nSPS) is 46.4. The Hall–Kier alpha value is -0.160. The Balaban J connectivity index is 0.000000260. The van der Waals surface area contributed by atoms with Crippen LogP contribution in [-0.2, 0) is 18.9 Å². The molecule has 10 unspecified atom stereocenters. The molecule has 0 aromatic carbocycles. The second-order valence-electron chi connectivity index (χ2n) is 8.68. The van der Waals surface area contributed by atoms with Crippen molar-refractivity contribution in [2.24, 2.45) is 35.5 Å². The highest BCUT2D eigenvalue weighted by molar-refractivity contribution is 4.84. The number of rotatable bonds is 4. The molecule has 0 radical (unpaired) electrons. The molecule has 0 aromatic rings. The van der Waals surface area contributed by atoms with Crippen LogP contribution in [0.1, 0.15) is 61.8 Å². The van der Waals surface area contributed by atoms with Crippen LogP contribution in [0.25, 0.3) is 0 Å². The van der Waals surface area contributed by atoms with E-state index in [9.17, 15) is 0 Å². The number of methoxy groups -OCH3 is 2. The van der Waals surface area contributed by atoms with Crippen LogP contribution in [0.5, 0.6) is 0 Å². The number of hydrogen-bond donors (Lipinski definition) is 0. The lowest BCUT2D eigenvalue weighted by atomic mass is 9.77. The first kappa shape index (κ1) is 23.9. The smallest absolute Gasteiger partial charge is 0.160 e. The summed E-state index contributed by atoms with van der Waals surface area (Å²) in [5.74, 6) is 3.82. The molecule has 0 bridgehead atoms. The van der Waals surface area contributed by atoms with Crippen molar-refractivity contribution in [1.82, 2.24) is 0 Å². The van der Waals surface area contributed by atoms with E-state index in [0.29, 0.717) is 41.8 Å². The molecule has 4 nitrogen and oxygen atoms in total. The highest BCUT2D eigenvalue weighted by Crippen LogP contribution is 2.36. The maximum Gasteiger partial charge on any atom is 0.160 e. The summed E-state index contributed by atoms with van der Waals surface area (Å²) in [5, 5.41) is 0. The number of ether oxygens (including phenoxy) is 4. The fourth-order valence-electron chi connectivity index (χ4n) is 4.35. The molecule has 2 saturated heterocycles. The maximum absolute atomic E-state index is 5.90. The first-order valence-electron chi connectivity index (χ1n) is 10.5. The predicted molar refractivity (Wildman–Crippen MR) is 107 cm³/mol. The van der Waals surface area contributed by atoms with Gasteiger partial charge in [0.25, 0.3) is 0 Å². The van der Waals surface area contributed by atoms with Crippen molar-refractivity contribution in [2.45, 2.75) is 86.4 Å². The van der Waals surface area contributed by atoms with Crippen LogP contribution in [0.3, 0.4) is 0 Å². The van der Waals surface area contributed by atoms with Gasteiger partial charge in [-0.3, -0.25) is 0 Å². The van der Waals surface area contributed by atoms with Crippen molar-refractivity contribution in [1.29, 1.82) is 0 Å². The van der Waals surface area contributed by atoms with Crippen molar-refractivity contribution in [3.8, 4) is 0 Å². The first-order chi connectivity index (χ1) is 12.2. The number of hydrogen-bond acceptors (Lipinski definition) is 4. The molecule has 26 heavy (non-hydrogen) atoms. The topological polar surface area (TPSA) is 36.9 Å². The molecule has 2 rings (SSSR count). The van der Waals surface area contributed by atoms with Crippen LogP contribution in [0, 0.1) is 35.5 Å². The van der Waals surface area contributed by atoms with E-state index in [1.54, 1.807) is 14.2 Å². The van der Waals surface area contributed by atoms with E-state index in [4.69, 9.17) is 18.9 Å². The van der Waals surface area contributed by atoms with Gasteiger partial charge in [-0.25, -0.2) is 0 Å². The van der Waals surface area contributed by atoms with Crippen LogP contribution in [0.4, 0.5) is 0 Å². The lowest BCUT2D eigenvalue weighted by Crippen LogP contribution is -2.45. The molecule has 0 aliphatic carbocycles. The Kier molecular flexibility index (Phi) is 10.1. The largest absolute Gasteiger partial charge is 0.382 e. The molecule has 2 aliphatic rings. The minimum absolute atomic E-state index is 0.00356. The van der Waals surface area contributed by atoms with Crippen LogP contribution in [0.2, 0.25) is 0 Å². The average molecular weight is 373 g/mol. The van der Waals surface area contributed by atoms with Gasteiger partial charge in [0.1, 0.15) is 0 Å². The summed E-state index contributed by atoms with van der Waals surface area (Å²) in [7, 11) is 3.47. The van der Waals surface area contributed by atoms with Gasteiger partial charge in [-0.1, -0.05) is 48.5 Å². The Morgan fingerprint density at radius 2 is 1.19 bits per heavy atom. The summed E-state index contributed by atoms with van der Waals surface area (Å²) < 4.78 is 22.2. The molecule has 2 heterocycles. The second-order valence-corrected chi connectivity index (χ2v) is 8.68. The van der Waals surface area contributed by atoms with Crippen molar-refractivity contribution >= 4 is 0 Å². The van der Waals surface area contributed by atoms with Gasteiger partial charge in [0.15, 0.2) is 6.29 Å². The summed E-state index contributed by atoms with van der Waals surface area (Å²) in [6.07, 6.45) is 2.10. The third-order valence-electron chi connectivity index (χ3n) is 7.32. The molecular formula is C22H44O4. The van der Waals surface area contributed by atoms with Crippen molar-refractivity contribution < 1.29 is 18.9 Å². The zero-order chi connectivity index (χ0) is 20.0. The van der Waals surface area contributed by atoms with Gasteiger partial charge in [0.2, 0.25) is 0 Å². The van der Waals surface area contributed by atoms with Gasteiger partial charge in [0, 0.05) is 20.1 Å². The zero-order valence-corrected chi connectivity index (χ0v) is 18.8. The molecule has 0 N–H and O–H groups in total. The van der Waals surface area contributed by atoms with E-state index in [1.165, 1.54) is 0 Å². The molecule has 156 valence electrons. The lowest BCUT2D eigenvalue weighted by Gasteiger charge is -2.42. The Labute approximate surface area is 162 Å². The van der Waals surface area contributed by atoms with Gasteiger partial charge in [-0.15, -0.1) is 0 Å². The molecule has 0 amide bonds. The minimum Gasteiger partial charge on any atom is -0.382 e. The Morgan fingerprint density at radius 3 is 1.69 bits per heavy atom.